The van der Waals surface area contributed by atoms with Crippen LogP contribution >= 0.6 is 0 Å². The highest BCUT2D eigenvalue weighted by molar-refractivity contribution is 6.39. The predicted molar refractivity (Wildman–Crippen MR) is 163 cm³/mol. The minimum atomic E-state index is -0.566. The lowest BCUT2D eigenvalue weighted by Gasteiger charge is -2.29. The second kappa shape index (κ2) is 10.9. The number of amidine groups is 1. The van der Waals surface area contributed by atoms with Crippen molar-refractivity contribution in [1.82, 2.24) is 5.01 Å². The van der Waals surface area contributed by atoms with Crippen molar-refractivity contribution >= 4 is 29.5 Å². The summed E-state index contributed by atoms with van der Waals surface area (Å²) >= 11 is 0. The van der Waals surface area contributed by atoms with Crippen molar-refractivity contribution in [2.45, 2.75) is 44.6 Å². The monoisotopic (exact) mass is 550 g/mol. The van der Waals surface area contributed by atoms with Gasteiger partial charge in [0.05, 0.1) is 18.7 Å². The van der Waals surface area contributed by atoms with Crippen LogP contribution in [0.25, 0.3) is 11.1 Å². The van der Waals surface area contributed by atoms with Crippen LogP contribution in [0.15, 0.2) is 100 Å². The molecule has 3 aromatic rings. The fraction of sp³-hybridized carbons (Fsp3) is 0.250. The van der Waals surface area contributed by atoms with Gasteiger partial charge in [0.2, 0.25) is 0 Å². The number of ether oxygens (including phenoxy) is 2. The number of nitrogens with one attached hydrogen (secondary N) is 1. The molecule has 1 aliphatic heterocycles. The van der Waals surface area contributed by atoms with E-state index in [1.165, 1.54) is 0 Å². The summed E-state index contributed by atoms with van der Waals surface area (Å²) in [6.45, 7) is 9.57. The lowest BCUT2D eigenvalue weighted by molar-refractivity contribution is 0.0636. The van der Waals surface area contributed by atoms with Gasteiger partial charge < -0.3 is 15.3 Å². The number of hydrazone groups is 2. The third kappa shape index (κ3) is 5.99. The third-order valence-corrected chi connectivity index (χ3v) is 6.95. The molecule has 0 bridgehead atoms. The molecule has 1 aliphatic carbocycles. The maximum Gasteiger partial charge on any atom is 0.412 e. The first-order chi connectivity index (χ1) is 19.6. The molecule has 0 aromatic heterocycles. The van der Waals surface area contributed by atoms with Crippen LogP contribution in [0.3, 0.4) is 0 Å². The highest BCUT2D eigenvalue weighted by atomic mass is 16.6. The average molecular weight is 551 g/mol. The number of nitrogens with two attached hydrogens (primary N) is 1. The number of hydrogen-bond donors (Lipinski definition) is 2. The first-order valence-corrected chi connectivity index (χ1v) is 13.4. The quantitative estimate of drug-likeness (QED) is 0.162. The second-order valence-electron chi connectivity index (χ2n) is 11.0. The van der Waals surface area contributed by atoms with Gasteiger partial charge in [-0.15, -0.1) is 0 Å². The number of amides is 1. The molecule has 5 rings (SSSR count). The largest absolute Gasteiger partial charge is 0.497 e. The Morgan fingerprint density at radius 3 is 2.32 bits per heavy atom. The van der Waals surface area contributed by atoms with Crippen molar-refractivity contribution in [2.75, 3.05) is 12.4 Å². The first-order valence-electron chi connectivity index (χ1n) is 13.4. The smallest absolute Gasteiger partial charge is 0.412 e. The Hall–Kier alpha value is -4.92. The first kappa shape index (κ1) is 27.6. The Balaban J connectivity index is 1.37. The summed E-state index contributed by atoms with van der Waals surface area (Å²) in [7, 11) is 1.65. The van der Waals surface area contributed by atoms with E-state index in [-0.39, 0.29) is 5.41 Å². The van der Waals surface area contributed by atoms with Crippen molar-refractivity contribution < 1.29 is 14.3 Å². The van der Waals surface area contributed by atoms with Gasteiger partial charge in [0.1, 0.15) is 22.9 Å². The highest BCUT2D eigenvalue weighted by Gasteiger charge is 2.52. The lowest BCUT2D eigenvalue weighted by atomic mass is 9.94. The number of nitrogens with zero attached hydrogens (tertiary/aromatic N) is 4. The van der Waals surface area contributed by atoms with E-state index < -0.39 is 11.7 Å². The summed E-state index contributed by atoms with van der Waals surface area (Å²) in [6, 6.07) is 23.5. The van der Waals surface area contributed by atoms with Crippen LogP contribution in [0, 0.1) is 0 Å². The van der Waals surface area contributed by atoms with E-state index in [0.29, 0.717) is 23.1 Å². The Bertz CT molecular complexity index is 1550. The normalized spacial score (nSPS) is 16.2. The molecule has 9 nitrogen and oxygen atoms in total. The molecule has 210 valence electrons. The van der Waals surface area contributed by atoms with Crippen molar-refractivity contribution in [3.8, 4) is 16.9 Å². The average Bonchev–Trinajstić information content (AvgIpc) is 3.76. The topological polar surface area (TPSA) is 114 Å². The molecule has 0 atom stereocenters. The zero-order valence-electron chi connectivity index (χ0n) is 23.7. The Kier molecular flexibility index (Phi) is 7.36. The number of aliphatic imine (C=N–C) groups is 1. The predicted octanol–water partition coefficient (Wildman–Crippen LogP) is 6.27. The number of benzene rings is 3. The summed E-state index contributed by atoms with van der Waals surface area (Å²) < 4.78 is 10.7. The Morgan fingerprint density at radius 2 is 1.71 bits per heavy atom. The fourth-order valence-corrected chi connectivity index (χ4v) is 4.77. The van der Waals surface area contributed by atoms with E-state index in [2.05, 4.69) is 22.0 Å². The summed E-state index contributed by atoms with van der Waals surface area (Å²) in [5.41, 5.74) is 4.33. The molecule has 1 amide bonds. The third-order valence-electron chi connectivity index (χ3n) is 6.95. The number of anilines is 1. The SMILES string of the molecule is C=C1N=CC(c2cccc(-c3ccc(NC(=O)OC(C)(C)C)cc3)c2)=NN1/C(=N\N)C1(c2ccc(OC)cc2)CC1. The van der Waals surface area contributed by atoms with Crippen LogP contribution in [0.5, 0.6) is 5.75 Å². The molecular weight excluding hydrogens is 516 g/mol. The molecule has 41 heavy (non-hydrogen) atoms. The van der Waals surface area contributed by atoms with E-state index in [0.717, 1.165) is 40.8 Å². The van der Waals surface area contributed by atoms with E-state index in [1.807, 2.05) is 93.6 Å². The van der Waals surface area contributed by atoms with Crippen molar-refractivity contribution in [1.29, 1.82) is 0 Å². The molecule has 1 saturated carbocycles. The zero-order valence-corrected chi connectivity index (χ0v) is 23.7. The fourth-order valence-electron chi connectivity index (χ4n) is 4.77. The van der Waals surface area contributed by atoms with Gasteiger partial charge in [0.25, 0.3) is 0 Å². The van der Waals surface area contributed by atoms with Crippen LogP contribution in [0.1, 0.15) is 44.7 Å². The molecule has 0 spiro atoms. The molecule has 3 N–H and O–H groups in total. The minimum Gasteiger partial charge on any atom is -0.497 e. The van der Waals surface area contributed by atoms with Gasteiger partial charge in [-0.1, -0.05) is 49.0 Å². The van der Waals surface area contributed by atoms with Gasteiger partial charge in [0.15, 0.2) is 5.84 Å². The highest BCUT2D eigenvalue weighted by Crippen LogP contribution is 2.51. The van der Waals surface area contributed by atoms with Crippen molar-refractivity contribution in [2.24, 2.45) is 21.0 Å². The number of methoxy groups -OCH3 is 1. The van der Waals surface area contributed by atoms with Gasteiger partial charge >= 0.3 is 6.09 Å². The Morgan fingerprint density at radius 1 is 1.02 bits per heavy atom. The molecule has 3 aromatic carbocycles. The van der Waals surface area contributed by atoms with E-state index in [9.17, 15) is 4.79 Å². The second-order valence-corrected chi connectivity index (χ2v) is 11.0. The van der Waals surface area contributed by atoms with Crippen LogP contribution in [0.4, 0.5) is 10.5 Å². The number of carbonyl (C=O) groups excluding carboxylic acids is 1. The number of carbonyl (C=O) groups is 1. The van der Waals surface area contributed by atoms with Gasteiger partial charge in [-0.3, -0.25) is 5.32 Å². The van der Waals surface area contributed by atoms with Crippen molar-refractivity contribution in [3.63, 3.8) is 0 Å². The summed E-state index contributed by atoms with van der Waals surface area (Å²) in [4.78, 5) is 16.6. The lowest BCUT2D eigenvalue weighted by Crippen LogP contribution is -2.38. The molecule has 0 unspecified atom stereocenters. The zero-order chi connectivity index (χ0) is 29.2. The van der Waals surface area contributed by atoms with E-state index in [1.54, 1.807) is 18.3 Å². The van der Waals surface area contributed by atoms with Gasteiger partial charge in [-0.05, 0) is 80.6 Å². The van der Waals surface area contributed by atoms with Crippen LogP contribution < -0.4 is 15.9 Å². The van der Waals surface area contributed by atoms with Gasteiger partial charge in [-0.2, -0.15) is 15.2 Å². The van der Waals surface area contributed by atoms with Gasteiger partial charge in [-0.25, -0.2) is 9.79 Å². The van der Waals surface area contributed by atoms with Gasteiger partial charge in [0, 0.05) is 11.3 Å². The molecule has 9 heteroatoms. The molecule has 0 radical (unpaired) electrons. The van der Waals surface area contributed by atoms with Crippen LogP contribution in [-0.4, -0.2) is 41.6 Å². The number of rotatable bonds is 6. The number of hydrogen-bond acceptors (Lipinski definition) is 7. The van der Waals surface area contributed by atoms with Crippen LogP contribution in [-0.2, 0) is 10.2 Å². The summed E-state index contributed by atoms with van der Waals surface area (Å²) in [6.07, 6.45) is 2.99. The molecule has 0 saturated heterocycles. The standard InChI is InChI=1S/C32H34N6O3/c1-21-34-20-28(37-38(21)29(36-33)32(17-18-32)25-11-15-27(40-5)16-12-25)24-8-6-7-23(19-24)22-9-13-26(14-10-22)35-30(39)41-31(2,3)4/h6-16,19-20H,1,17-18,33H2,2-5H3,(H,35,39)/b36-29-. The maximum atomic E-state index is 12.1. The Labute approximate surface area is 240 Å². The molecule has 1 fully saturated rings. The van der Waals surface area contributed by atoms with Crippen LogP contribution in [0.2, 0.25) is 0 Å². The van der Waals surface area contributed by atoms with Crippen molar-refractivity contribution in [3.05, 3.63) is 96.3 Å². The minimum absolute atomic E-state index is 0.359. The maximum absolute atomic E-state index is 12.1. The van der Waals surface area contributed by atoms with E-state index >= 15 is 0 Å². The molecule has 1 heterocycles. The molecule has 2 aliphatic rings. The summed E-state index contributed by atoms with van der Waals surface area (Å²) in [5, 5.41) is 13.5. The summed E-state index contributed by atoms with van der Waals surface area (Å²) in [5.74, 6) is 7.81. The van der Waals surface area contributed by atoms with E-state index in [4.69, 9.17) is 20.4 Å². The molecular formula is C32H34N6O3.